The zero-order valence-electron chi connectivity index (χ0n) is 10.8. The Kier molecular flexibility index (Phi) is 23.6. The van der Waals surface area contributed by atoms with Crippen molar-refractivity contribution in [3.63, 3.8) is 0 Å². The van der Waals surface area contributed by atoms with Crippen LogP contribution < -0.4 is 80.4 Å². The number of aliphatic hydroxyl groups is 1. The van der Waals surface area contributed by atoms with Crippen LogP contribution in [-0.2, 0) is 9.13 Å². The van der Waals surface area contributed by atoms with E-state index in [4.69, 9.17) is 26.4 Å². The first-order valence-corrected chi connectivity index (χ1v) is 6.39. The molecule has 0 saturated carbocycles. The summed E-state index contributed by atoms with van der Waals surface area (Å²) in [5, 5.41) is 5.24. The van der Waals surface area contributed by atoms with E-state index in [2.05, 4.69) is 0 Å². The molecule has 88 valence electrons. The van der Waals surface area contributed by atoms with Crippen LogP contribution in [0.25, 0.3) is 0 Å². The van der Waals surface area contributed by atoms with E-state index in [9.17, 15) is 18.9 Å². The molecule has 15 heteroatoms. The molecule has 7 N–H and O–H groups in total. The second kappa shape index (κ2) is 12.6. The van der Waals surface area contributed by atoms with Crippen LogP contribution in [-0.4, -0.2) is 91.7 Å². The van der Waals surface area contributed by atoms with Gasteiger partial charge in [-0.05, 0) is 0 Å². The normalized spacial score (nSPS) is 21.1. The van der Waals surface area contributed by atoms with Crippen LogP contribution in [0.5, 0.6) is 0 Å². The van der Waals surface area contributed by atoms with Crippen molar-refractivity contribution >= 4 is 74.3 Å². The van der Waals surface area contributed by atoms with E-state index >= 15 is 0 Å². The van der Waals surface area contributed by atoms with E-state index < -0.39 is 32.9 Å². The Balaban J connectivity index is -0.000000141. The van der Waals surface area contributed by atoms with Gasteiger partial charge in [-0.1, -0.05) is 0 Å². The van der Waals surface area contributed by atoms with Crippen LogP contribution in [0.15, 0.2) is 0 Å². The Morgan fingerprint density at radius 1 is 1.11 bits per heavy atom. The van der Waals surface area contributed by atoms with E-state index in [0.717, 1.165) is 0 Å². The van der Waals surface area contributed by atoms with Crippen molar-refractivity contribution in [2.75, 3.05) is 6.54 Å². The topological polar surface area (TPSA) is 193 Å². The third-order valence-corrected chi connectivity index (χ3v) is 5.43. The molecular weight excluding hydrogens is 330 g/mol. The average Bonchev–Trinajstić information content (AvgIpc) is 1.97. The van der Waals surface area contributed by atoms with Gasteiger partial charge in [0.15, 0.2) is 15.2 Å². The molecule has 2 unspecified atom stereocenters. The maximum atomic E-state index is 10.6. The molecule has 9 nitrogen and oxygen atoms in total. The van der Waals surface area contributed by atoms with Gasteiger partial charge in [0.2, 0.25) is 5.08 Å². The zero-order valence-corrected chi connectivity index (χ0v) is 20.6. The molecule has 0 aromatic carbocycles. The first-order chi connectivity index (χ1) is 5.98. The van der Waals surface area contributed by atoms with Gasteiger partial charge in [-0.25, -0.2) is 0 Å². The first-order valence-electron chi connectivity index (χ1n) is 3.24. The molecule has 0 heterocycles. The quantitative estimate of drug-likeness (QED) is 0.244. The molecule has 0 rings (SSSR count). The molecular formula is C3H10N2Na4O7P2. The van der Waals surface area contributed by atoms with E-state index in [0.29, 0.717) is 0 Å². The van der Waals surface area contributed by atoms with E-state index in [1.54, 1.807) is 0 Å². The van der Waals surface area contributed by atoms with Crippen molar-refractivity contribution in [2.24, 2.45) is 11.5 Å². The van der Waals surface area contributed by atoms with Crippen LogP contribution in [0.2, 0.25) is 0 Å². The van der Waals surface area contributed by atoms with Crippen LogP contribution in [0.4, 0.5) is 0 Å². The summed E-state index contributed by atoms with van der Waals surface area (Å²) < 4.78 is 21.1. The van der Waals surface area contributed by atoms with Crippen molar-refractivity contribution in [1.82, 2.24) is 0 Å². The second-order valence-electron chi connectivity index (χ2n) is 2.57. The van der Waals surface area contributed by atoms with Gasteiger partial charge < -0.3 is 45.3 Å². The number of nitrogens with two attached hydrogens (primary N) is 2. The summed E-state index contributed by atoms with van der Waals surface area (Å²) in [6.45, 7) is -0.768. The molecule has 0 saturated heterocycles. The molecule has 0 amide bonds. The molecule has 0 fully saturated rings. The zero-order chi connectivity index (χ0) is 11.8. The number of hydrogen-bond acceptors (Lipinski definition) is 7. The first kappa shape index (κ1) is 33.7. The molecule has 0 aliphatic rings. The Bertz CT molecular complexity index is 285. The third-order valence-electron chi connectivity index (χ3n) is 1.58. The fraction of sp³-hybridized carbons (Fsp3) is 1.00. The maximum Gasteiger partial charge on any atom is 1.00 e. The summed E-state index contributed by atoms with van der Waals surface area (Å²) in [7, 11) is -11.6. The standard InChI is InChI=1S/C3H12N2O7P2.4Na/c4-1-2(5)3(6,13(7,8)9)14(10,11)12;;;;/h2,6H,1,4-5H2,(H2,7,8,9)(H2,10,11,12);;;;/q;;;2*+1/p-2/t2-;;;;/m0..../s1. The van der Waals surface area contributed by atoms with Gasteiger partial charge in [-0.15, -0.1) is 0 Å². The molecule has 3 atom stereocenters. The molecule has 0 aromatic rings. The van der Waals surface area contributed by atoms with E-state index in [-0.39, 0.29) is 118 Å². The summed E-state index contributed by atoms with van der Waals surface area (Å²) in [6.07, 6.45) is 0. The minimum Gasteiger partial charge on any atom is -0.776 e. The summed E-state index contributed by atoms with van der Waals surface area (Å²) >= 11 is 0. The number of rotatable bonds is 4. The maximum absolute atomic E-state index is 10.6. The van der Waals surface area contributed by atoms with Crippen molar-refractivity contribution in [1.29, 1.82) is 0 Å². The van der Waals surface area contributed by atoms with Crippen molar-refractivity contribution in [2.45, 2.75) is 11.1 Å². The fourth-order valence-corrected chi connectivity index (χ4v) is 3.06. The molecule has 0 spiro atoms. The van der Waals surface area contributed by atoms with Crippen LogP contribution in [0.1, 0.15) is 0 Å². The van der Waals surface area contributed by atoms with Crippen molar-refractivity contribution < 1.29 is 92.9 Å². The van der Waals surface area contributed by atoms with Crippen LogP contribution in [0, 0.1) is 0 Å². The minimum absolute atomic E-state index is 0. The Morgan fingerprint density at radius 2 is 1.33 bits per heavy atom. The summed E-state index contributed by atoms with van der Waals surface area (Å²) in [5.41, 5.74) is 9.71. The van der Waals surface area contributed by atoms with Gasteiger partial charge in [0.1, 0.15) is 0 Å². The third kappa shape index (κ3) is 8.15. The summed E-state index contributed by atoms with van der Waals surface area (Å²) in [6, 6.07) is -2.05. The molecule has 2 radical (unpaired) electrons. The monoisotopic (exact) mass is 340 g/mol. The van der Waals surface area contributed by atoms with Gasteiger partial charge in [0.25, 0.3) is 0 Å². The molecule has 0 aliphatic heterocycles. The molecule has 18 heavy (non-hydrogen) atoms. The summed E-state index contributed by atoms with van der Waals surface area (Å²) in [4.78, 5) is 38.0. The smallest absolute Gasteiger partial charge is 0.776 e. The molecule has 0 bridgehead atoms. The Labute approximate surface area is 193 Å². The predicted octanol–water partition coefficient (Wildman–Crippen LogP) is -10.7. The molecule has 0 aromatic heterocycles. The van der Waals surface area contributed by atoms with Gasteiger partial charge >= 0.3 is 59.1 Å². The van der Waals surface area contributed by atoms with E-state index in [1.165, 1.54) is 0 Å². The Morgan fingerprint density at radius 3 is 1.39 bits per heavy atom. The second-order valence-corrected chi connectivity index (χ2v) is 6.37. The molecule has 0 aliphatic carbocycles. The van der Waals surface area contributed by atoms with Gasteiger partial charge in [0.05, 0.1) is 6.04 Å². The largest absolute Gasteiger partial charge is 1.00 e. The van der Waals surface area contributed by atoms with Gasteiger partial charge in [-0.2, -0.15) is 0 Å². The van der Waals surface area contributed by atoms with Crippen molar-refractivity contribution in [3.8, 4) is 0 Å². The van der Waals surface area contributed by atoms with Gasteiger partial charge in [-0.3, -0.25) is 0 Å². The van der Waals surface area contributed by atoms with Crippen LogP contribution in [0.3, 0.4) is 0 Å². The summed E-state index contributed by atoms with van der Waals surface area (Å²) in [5.74, 6) is 0. The van der Waals surface area contributed by atoms with Crippen LogP contribution >= 0.6 is 15.2 Å². The van der Waals surface area contributed by atoms with Gasteiger partial charge in [0, 0.05) is 65.7 Å². The average molecular weight is 340 g/mol. The number of hydrogen-bond donors (Lipinski definition) is 5. The fourth-order valence-electron chi connectivity index (χ4n) is 0.737. The minimum atomic E-state index is -5.81. The van der Waals surface area contributed by atoms with E-state index in [1.807, 2.05) is 0 Å². The van der Waals surface area contributed by atoms with Crippen molar-refractivity contribution in [3.05, 3.63) is 0 Å². The Hall–Kier alpha value is 4.18. The SMILES string of the molecule is NC[C@H](N)C(O)(P(=O)([O-])O)P(=O)([O-])O.[Na+].[Na+].[Na].[Na]. The predicted molar refractivity (Wildman–Crippen MR) is 53.1 cm³/mol.